The molecule has 1 aromatic carbocycles. The Bertz CT molecular complexity index is 312. The minimum Gasteiger partial charge on any atom is -0.508 e. The number of rotatable bonds is 3. The maximum absolute atomic E-state index is 11.1. The van der Waals surface area contributed by atoms with E-state index in [-0.39, 0.29) is 5.75 Å². The summed E-state index contributed by atoms with van der Waals surface area (Å²) in [6.07, 6.45) is 0.283. The number of nitrogens with one attached hydrogen (secondary N) is 1. The van der Waals surface area contributed by atoms with Crippen LogP contribution in [0.3, 0.4) is 0 Å². The molecule has 1 rings (SSSR count). The molecular formula is C10H13NO3. The Morgan fingerprint density at radius 3 is 3.00 bits per heavy atom. The van der Waals surface area contributed by atoms with Crippen LogP contribution in [0.1, 0.15) is 13.3 Å². The second-order valence-electron chi connectivity index (χ2n) is 2.81. The molecule has 76 valence electrons. The van der Waals surface area contributed by atoms with E-state index in [1.54, 1.807) is 12.1 Å². The van der Waals surface area contributed by atoms with E-state index in [1.807, 2.05) is 6.92 Å². The minimum absolute atomic E-state index is 0.110. The van der Waals surface area contributed by atoms with E-state index in [0.29, 0.717) is 12.3 Å². The van der Waals surface area contributed by atoms with E-state index in [4.69, 9.17) is 9.84 Å². The highest BCUT2D eigenvalue weighted by atomic mass is 16.5. The number of hydrogen-bond acceptors (Lipinski definition) is 3. The van der Waals surface area contributed by atoms with Crippen LogP contribution in [0.15, 0.2) is 24.3 Å². The van der Waals surface area contributed by atoms with Gasteiger partial charge >= 0.3 is 6.09 Å². The number of ether oxygens (including phenoxy) is 1. The van der Waals surface area contributed by atoms with E-state index in [1.165, 1.54) is 12.1 Å². The third-order valence-corrected chi connectivity index (χ3v) is 1.53. The second kappa shape index (κ2) is 5.11. The molecule has 0 atom stereocenters. The average Bonchev–Trinajstić information content (AvgIpc) is 2.15. The summed E-state index contributed by atoms with van der Waals surface area (Å²) in [4.78, 5) is 11.1. The van der Waals surface area contributed by atoms with Gasteiger partial charge in [0.25, 0.3) is 0 Å². The lowest BCUT2D eigenvalue weighted by Gasteiger charge is -2.05. The van der Waals surface area contributed by atoms with Crippen molar-refractivity contribution in [2.24, 2.45) is 0 Å². The molecule has 14 heavy (non-hydrogen) atoms. The first-order chi connectivity index (χ1) is 6.72. The molecule has 4 nitrogen and oxygen atoms in total. The molecule has 0 bridgehead atoms. The molecule has 1 aromatic rings. The number of carbonyl (C=O) groups excluding carboxylic acids is 1. The smallest absolute Gasteiger partial charge is 0.411 e. The number of amides is 1. The highest BCUT2D eigenvalue weighted by Gasteiger charge is 2.01. The maximum Gasteiger partial charge on any atom is 0.411 e. The van der Waals surface area contributed by atoms with Gasteiger partial charge in [0.15, 0.2) is 0 Å². The van der Waals surface area contributed by atoms with Crippen molar-refractivity contribution in [1.82, 2.24) is 0 Å². The van der Waals surface area contributed by atoms with Gasteiger partial charge in [-0.1, -0.05) is 13.0 Å². The van der Waals surface area contributed by atoms with Gasteiger partial charge in [-0.15, -0.1) is 0 Å². The zero-order chi connectivity index (χ0) is 10.4. The van der Waals surface area contributed by atoms with Crippen LogP contribution in [-0.4, -0.2) is 17.8 Å². The van der Waals surface area contributed by atoms with Crippen LogP contribution in [0.25, 0.3) is 0 Å². The number of anilines is 1. The van der Waals surface area contributed by atoms with Gasteiger partial charge < -0.3 is 9.84 Å². The Balaban J connectivity index is 2.47. The maximum atomic E-state index is 11.1. The summed E-state index contributed by atoms with van der Waals surface area (Å²) in [7, 11) is 0. The first-order valence-electron chi connectivity index (χ1n) is 4.45. The third-order valence-electron chi connectivity index (χ3n) is 1.53. The molecule has 0 heterocycles. The zero-order valence-electron chi connectivity index (χ0n) is 7.99. The van der Waals surface area contributed by atoms with Crippen LogP contribution >= 0.6 is 0 Å². The Morgan fingerprint density at radius 1 is 1.57 bits per heavy atom. The lowest BCUT2D eigenvalue weighted by molar-refractivity contribution is 0.161. The van der Waals surface area contributed by atoms with Crippen molar-refractivity contribution < 1.29 is 14.6 Å². The van der Waals surface area contributed by atoms with Crippen LogP contribution in [0, 0.1) is 0 Å². The van der Waals surface area contributed by atoms with Crippen LogP contribution in [0.4, 0.5) is 10.5 Å². The molecule has 0 aliphatic heterocycles. The van der Waals surface area contributed by atoms with Crippen molar-refractivity contribution in [3.63, 3.8) is 0 Å². The van der Waals surface area contributed by atoms with Crippen LogP contribution in [0.5, 0.6) is 5.75 Å². The number of benzene rings is 1. The summed E-state index contributed by atoms with van der Waals surface area (Å²) in [5, 5.41) is 11.6. The fourth-order valence-corrected chi connectivity index (χ4v) is 0.932. The fourth-order valence-electron chi connectivity index (χ4n) is 0.932. The largest absolute Gasteiger partial charge is 0.508 e. The summed E-state index contributed by atoms with van der Waals surface area (Å²) >= 11 is 0. The normalized spacial score (nSPS) is 9.50. The molecule has 0 spiro atoms. The molecule has 4 heteroatoms. The molecule has 0 saturated carbocycles. The van der Waals surface area contributed by atoms with Crippen molar-refractivity contribution in [3.05, 3.63) is 24.3 Å². The Hall–Kier alpha value is -1.71. The molecule has 0 saturated heterocycles. The van der Waals surface area contributed by atoms with Gasteiger partial charge in [-0.25, -0.2) is 4.79 Å². The van der Waals surface area contributed by atoms with Crippen molar-refractivity contribution in [2.75, 3.05) is 11.9 Å². The average molecular weight is 195 g/mol. The van der Waals surface area contributed by atoms with E-state index in [0.717, 1.165) is 6.42 Å². The topological polar surface area (TPSA) is 58.6 Å². The van der Waals surface area contributed by atoms with E-state index < -0.39 is 6.09 Å². The van der Waals surface area contributed by atoms with Crippen LogP contribution in [0.2, 0.25) is 0 Å². The summed E-state index contributed by atoms with van der Waals surface area (Å²) in [6.45, 7) is 2.31. The van der Waals surface area contributed by atoms with Gasteiger partial charge in [-0.3, -0.25) is 5.32 Å². The van der Waals surface area contributed by atoms with Crippen molar-refractivity contribution in [1.29, 1.82) is 0 Å². The predicted octanol–water partition coefficient (Wildman–Crippen LogP) is 2.35. The lowest BCUT2D eigenvalue weighted by atomic mass is 10.3. The highest BCUT2D eigenvalue weighted by molar-refractivity contribution is 5.84. The van der Waals surface area contributed by atoms with Gasteiger partial charge in [0.1, 0.15) is 5.75 Å². The van der Waals surface area contributed by atoms with E-state index >= 15 is 0 Å². The Kier molecular flexibility index (Phi) is 3.79. The molecule has 0 aliphatic carbocycles. The molecule has 0 fully saturated rings. The number of carbonyl (C=O) groups is 1. The van der Waals surface area contributed by atoms with Gasteiger partial charge in [0, 0.05) is 11.8 Å². The quantitative estimate of drug-likeness (QED) is 0.778. The van der Waals surface area contributed by atoms with Crippen molar-refractivity contribution in [2.45, 2.75) is 13.3 Å². The number of phenolic OH excluding ortho intramolecular Hbond substituents is 1. The van der Waals surface area contributed by atoms with Gasteiger partial charge in [0.2, 0.25) is 0 Å². The molecule has 2 N–H and O–H groups in total. The highest BCUT2D eigenvalue weighted by Crippen LogP contribution is 2.15. The van der Waals surface area contributed by atoms with Crippen molar-refractivity contribution in [3.8, 4) is 5.75 Å². The lowest BCUT2D eigenvalue weighted by Crippen LogP contribution is -2.13. The van der Waals surface area contributed by atoms with Crippen LogP contribution < -0.4 is 5.32 Å². The summed E-state index contributed by atoms with van der Waals surface area (Å²) in [5.41, 5.74) is 0.520. The number of phenols is 1. The number of aromatic hydroxyl groups is 1. The summed E-state index contributed by atoms with van der Waals surface area (Å²) in [5.74, 6) is 0.110. The third kappa shape index (κ3) is 3.35. The van der Waals surface area contributed by atoms with Gasteiger partial charge in [-0.05, 0) is 18.6 Å². The molecule has 0 unspecified atom stereocenters. The first-order valence-corrected chi connectivity index (χ1v) is 4.45. The van der Waals surface area contributed by atoms with E-state index in [2.05, 4.69) is 5.32 Å². The van der Waals surface area contributed by atoms with Crippen LogP contribution in [-0.2, 0) is 4.74 Å². The van der Waals surface area contributed by atoms with Gasteiger partial charge in [0.05, 0.1) is 6.61 Å². The standard InChI is InChI=1S/C10H13NO3/c1-2-6-14-10(13)11-8-4-3-5-9(12)7-8/h3-5,7,12H,2,6H2,1H3,(H,11,13). The van der Waals surface area contributed by atoms with E-state index in [9.17, 15) is 4.79 Å². The molecule has 0 aromatic heterocycles. The SMILES string of the molecule is CCCOC(=O)Nc1cccc(O)c1. The van der Waals surface area contributed by atoms with Gasteiger partial charge in [-0.2, -0.15) is 0 Å². The predicted molar refractivity (Wildman–Crippen MR) is 53.4 cm³/mol. The second-order valence-corrected chi connectivity index (χ2v) is 2.81. The summed E-state index contributed by atoms with van der Waals surface area (Å²) < 4.78 is 4.80. The summed E-state index contributed by atoms with van der Waals surface area (Å²) in [6, 6.07) is 6.30. The molecule has 0 aliphatic rings. The number of hydrogen-bond donors (Lipinski definition) is 2. The Labute approximate surface area is 82.5 Å². The molecule has 0 radical (unpaired) electrons. The zero-order valence-corrected chi connectivity index (χ0v) is 7.99. The van der Waals surface area contributed by atoms with Crippen molar-refractivity contribution >= 4 is 11.8 Å². The first kappa shape index (κ1) is 10.4. The molecule has 1 amide bonds. The monoisotopic (exact) mass is 195 g/mol. The Morgan fingerprint density at radius 2 is 2.36 bits per heavy atom. The molecular weight excluding hydrogens is 182 g/mol. The fraction of sp³-hybridized carbons (Fsp3) is 0.300. The minimum atomic E-state index is -0.502.